The molecule has 1 N–H and O–H groups in total. The number of ether oxygens (including phenoxy) is 3. The smallest absolute Gasteiger partial charge is 0.328 e. The van der Waals surface area contributed by atoms with Crippen molar-refractivity contribution in [3.05, 3.63) is 32.1 Å². The van der Waals surface area contributed by atoms with Gasteiger partial charge in [-0.1, -0.05) is 11.6 Å². The van der Waals surface area contributed by atoms with Crippen LogP contribution in [-0.2, 0) is 20.8 Å². The van der Waals surface area contributed by atoms with Crippen molar-refractivity contribution in [3.63, 3.8) is 0 Å². The molecule has 0 aliphatic carbocycles. The first-order valence-corrected chi connectivity index (χ1v) is 6.16. The standard InChI is InChI=1S/C11H17ClN2O5/c1-17-4-5-19-7-6-18-3-2-14-8-9(12)10(15)13-11(14)16/h8H,2-7H2,1H3,(H,13,15,16). The third-order valence-corrected chi connectivity index (χ3v) is 2.52. The van der Waals surface area contributed by atoms with Gasteiger partial charge in [-0.15, -0.1) is 0 Å². The van der Waals surface area contributed by atoms with Gasteiger partial charge in [0.1, 0.15) is 5.02 Å². The van der Waals surface area contributed by atoms with Crippen molar-refractivity contribution in [1.29, 1.82) is 0 Å². The fourth-order valence-electron chi connectivity index (χ4n) is 1.28. The van der Waals surface area contributed by atoms with Crippen molar-refractivity contribution in [3.8, 4) is 0 Å². The minimum absolute atomic E-state index is 0.0255. The van der Waals surface area contributed by atoms with E-state index in [0.29, 0.717) is 39.6 Å². The predicted molar refractivity (Wildman–Crippen MR) is 69.8 cm³/mol. The van der Waals surface area contributed by atoms with Crippen LogP contribution in [-0.4, -0.2) is 49.7 Å². The average Bonchev–Trinajstić information content (AvgIpc) is 2.38. The van der Waals surface area contributed by atoms with Crippen LogP contribution in [0.15, 0.2) is 15.8 Å². The van der Waals surface area contributed by atoms with Gasteiger partial charge < -0.3 is 14.2 Å². The Kier molecular flexibility index (Phi) is 7.42. The van der Waals surface area contributed by atoms with Gasteiger partial charge in [0.15, 0.2) is 0 Å². The number of methoxy groups -OCH3 is 1. The number of aromatic amines is 1. The van der Waals surface area contributed by atoms with E-state index in [9.17, 15) is 9.59 Å². The van der Waals surface area contributed by atoms with Gasteiger partial charge in [0.25, 0.3) is 5.56 Å². The lowest BCUT2D eigenvalue weighted by molar-refractivity contribution is 0.0228. The molecule has 1 aromatic rings. The van der Waals surface area contributed by atoms with Gasteiger partial charge in [0.2, 0.25) is 0 Å². The van der Waals surface area contributed by atoms with Crippen LogP contribution in [0.4, 0.5) is 0 Å². The van der Waals surface area contributed by atoms with Crippen LogP contribution in [0.2, 0.25) is 5.02 Å². The summed E-state index contributed by atoms with van der Waals surface area (Å²) in [6, 6.07) is 0. The van der Waals surface area contributed by atoms with E-state index >= 15 is 0 Å². The van der Waals surface area contributed by atoms with E-state index < -0.39 is 11.2 Å². The molecular weight excluding hydrogens is 276 g/mol. The summed E-state index contributed by atoms with van der Waals surface area (Å²) in [5.41, 5.74) is -1.09. The Hall–Kier alpha value is -1.15. The maximum atomic E-state index is 11.4. The Labute approximate surface area is 115 Å². The fraction of sp³-hybridized carbons (Fsp3) is 0.636. The Morgan fingerprint density at radius 1 is 1.16 bits per heavy atom. The second kappa shape index (κ2) is 8.87. The zero-order valence-electron chi connectivity index (χ0n) is 10.7. The van der Waals surface area contributed by atoms with Gasteiger partial charge in [-0.05, 0) is 0 Å². The van der Waals surface area contributed by atoms with Crippen LogP contribution in [0, 0.1) is 0 Å². The lowest BCUT2D eigenvalue weighted by atomic mass is 10.6. The minimum atomic E-state index is -0.588. The normalized spacial score (nSPS) is 10.8. The molecular formula is C11H17ClN2O5. The van der Waals surface area contributed by atoms with Crippen molar-refractivity contribution in [2.75, 3.05) is 40.1 Å². The molecule has 0 spiro atoms. The Bertz CT molecular complexity index is 485. The molecule has 0 atom stereocenters. The first-order valence-electron chi connectivity index (χ1n) is 5.79. The Balaban J connectivity index is 2.21. The number of H-pyrrole nitrogens is 1. The second-order valence-corrected chi connectivity index (χ2v) is 4.05. The molecule has 0 saturated heterocycles. The average molecular weight is 293 g/mol. The number of rotatable bonds is 9. The summed E-state index contributed by atoms with van der Waals surface area (Å²) in [5.74, 6) is 0. The minimum Gasteiger partial charge on any atom is -0.382 e. The Morgan fingerprint density at radius 3 is 2.47 bits per heavy atom. The molecule has 0 amide bonds. The third kappa shape index (κ3) is 6.02. The van der Waals surface area contributed by atoms with Gasteiger partial charge in [-0.25, -0.2) is 4.79 Å². The number of hydrogen-bond donors (Lipinski definition) is 1. The first kappa shape index (κ1) is 15.9. The van der Waals surface area contributed by atoms with Crippen molar-refractivity contribution >= 4 is 11.6 Å². The molecule has 0 aliphatic rings. The SMILES string of the molecule is COCCOCCOCCn1cc(Cl)c(=O)[nH]c1=O. The van der Waals surface area contributed by atoms with E-state index in [1.165, 1.54) is 10.8 Å². The van der Waals surface area contributed by atoms with Gasteiger partial charge in [0, 0.05) is 13.3 Å². The van der Waals surface area contributed by atoms with E-state index in [2.05, 4.69) is 4.98 Å². The maximum Gasteiger partial charge on any atom is 0.328 e. The highest BCUT2D eigenvalue weighted by molar-refractivity contribution is 6.30. The lowest BCUT2D eigenvalue weighted by Gasteiger charge is -2.07. The number of halogens is 1. The zero-order valence-corrected chi connectivity index (χ0v) is 11.4. The fourth-order valence-corrected chi connectivity index (χ4v) is 1.44. The molecule has 7 nitrogen and oxygen atoms in total. The van der Waals surface area contributed by atoms with Crippen molar-refractivity contribution < 1.29 is 14.2 Å². The topological polar surface area (TPSA) is 82.6 Å². The van der Waals surface area contributed by atoms with Crippen molar-refractivity contribution in [2.45, 2.75) is 6.54 Å². The van der Waals surface area contributed by atoms with Crippen LogP contribution < -0.4 is 11.2 Å². The highest BCUT2D eigenvalue weighted by Crippen LogP contribution is 1.95. The van der Waals surface area contributed by atoms with Crippen molar-refractivity contribution in [1.82, 2.24) is 9.55 Å². The molecule has 0 saturated carbocycles. The molecule has 1 heterocycles. The molecule has 0 radical (unpaired) electrons. The van der Waals surface area contributed by atoms with E-state index in [4.69, 9.17) is 25.8 Å². The quantitative estimate of drug-likeness (QED) is 0.641. The molecule has 1 aromatic heterocycles. The summed E-state index contributed by atoms with van der Waals surface area (Å²) in [4.78, 5) is 24.5. The molecule has 1 rings (SSSR count). The van der Waals surface area contributed by atoms with Crippen LogP contribution in [0.5, 0.6) is 0 Å². The van der Waals surface area contributed by atoms with E-state index in [0.717, 1.165) is 0 Å². The van der Waals surface area contributed by atoms with Crippen LogP contribution in [0.1, 0.15) is 0 Å². The number of aromatic nitrogens is 2. The van der Waals surface area contributed by atoms with E-state index in [1.54, 1.807) is 7.11 Å². The summed E-state index contributed by atoms with van der Waals surface area (Å²) >= 11 is 5.62. The molecule has 19 heavy (non-hydrogen) atoms. The second-order valence-electron chi connectivity index (χ2n) is 3.65. The summed E-state index contributed by atoms with van der Waals surface area (Å²) in [5, 5.41) is -0.0255. The monoisotopic (exact) mass is 292 g/mol. The van der Waals surface area contributed by atoms with Crippen LogP contribution >= 0.6 is 11.6 Å². The van der Waals surface area contributed by atoms with E-state index in [1.807, 2.05) is 0 Å². The molecule has 0 aromatic carbocycles. The maximum absolute atomic E-state index is 11.4. The van der Waals surface area contributed by atoms with E-state index in [-0.39, 0.29) is 5.02 Å². The molecule has 0 bridgehead atoms. The van der Waals surface area contributed by atoms with Crippen LogP contribution in [0.25, 0.3) is 0 Å². The number of hydrogen-bond acceptors (Lipinski definition) is 5. The van der Waals surface area contributed by atoms with Gasteiger partial charge in [0.05, 0.1) is 39.6 Å². The predicted octanol–water partition coefficient (Wildman–Crippen LogP) is -0.130. The molecule has 0 aliphatic heterocycles. The summed E-state index contributed by atoms with van der Waals surface area (Å²) in [6.07, 6.45) is 1.29. The van der Waals surface area contributed by atoms with Crippen LogP contribution in [0.3, 0.4) is 0 Å². The van der Waals surface area contributed by atoms with Gasteiger partial charge >= 0.3 is 5.69 Å². The number of nitrogens with zero attached hydrogens (tertiary/aromatic N) is 1. The summed E-state index contributed by atoms with van der Waals surface area (Å²) in [7, 11) is 1.60. The van der Waals surface area contributed by atoms with Gasteiger partial charge in [-0.2, -0.15) is 0 Å². The highest BCUT2D eigenvalue weighted by atomic mass is 35.5. The lowest BCUT2D eigenvalue weighted by Crippen LogP contribution is -2.30. The third-order valence-electron chi connectivity index (χ3n) is 2.25. The van der Waals surface area contributed by atoms with Crippen molar-refractivity contribution in [2.24, 2.45) is 0 Å². The molecule has 0 fully saturated rings. The summed E-state index contributed by atoms with van der Waals surface area (Å²) in [6.45, 7) is 2.60. The zero-order chi connectivity index (χ0) is 14.1. The highest BCUT2D eigenvalue weighted by Gasteiger charge is 2.01. The molecule has 8 heteroatoms. The van der Waals surface area contributed by atoms with Gasteiger partial charge in [-0.3, -0.25) is 14.3 Å². The Morgan fingerprint density at radius 2 is 1.79 bits per heavy atom. The first-order chi connectivity index (χ1) is 9.15. The molecule has 0 unspecified atom stereocenters. The molecule has 108 valence electrons. The summed E-state index contributed by atoms with van der Waals surface area (Å²) < 4.78 is 16.6. The number of nitrogens with one attached hydrogen (secondary N) is 1. The largest absolute Gasteiger partial charge is 0.382 e.